The highest BCUT2D eigenvalue weighted by Crippen LogP contribution is 2.60. The summed E-state index contributed by atoms with van der Waals surface area (Å²) in [6.45, 7) is 8.50. The Bertz CT molecular complexity index is 1490. The van der Waals surface area contributed by atoms with Crippen LogP contribution in [0.25, 0.3) is 0 Å². The molecular weight excluding hydrogens is 690 g/mol. The number of hydrogen-bond acceptors (Lipinski definition) is 7. The van der Waals surface area contributed by atoms with Gasteiger partial charge in [-0.2, -0.15) is 0 Å². The Kier molecular flexibility index (Phi) is 12.5. The zero-order valence-corrected chi connectivity index (χ0v) is 29.3. The maximum Gasteiger partial charge on any atom is 0.313 e. The fourth-order valence-electron chi connectivity index (χ4n) is 7.50. The van der Waals surface area contributed by atoms with Crippen molar-refractivity contribution in [3.8, 4) is 0 Å². The van der Waals surface area contributed by atoms with E-state index in [1.165, 1.54) is 0 Å². The third kappa shape index (κ3) is 7.84. The van der Waals surface area contributed by atoms with Crippen LogP contribution in [0.1, 0.15) is 55.8 Å². The van der Waals surface area contributed by atoms with Crippen molar-refractivity contribution < 1.29 is 33.8 Å². The van der Waals surface area contributed by atoms with Crippen molar-refractivity contribution in [1.82, 2.24) is 15.1 Å². The molecule has 2 aromatic carbocycles. The smallest absolute Gasteiger partial charge is 0.313 e. The minimum atomic E-state index is -1.25. The van der Waals surface area contributed by atoms with Crippen molar-refractivity contribution in [2.45, 2.75) is 73.7 Å². The van der Waals surface area contributed by atoms with Gasteiger partial charge in [0.15, 0.2) is 0 Å². The number of nitrogens with zero attached hydrogens (tertiary/aromatic N) is 2. The molecule has 0 aromatic heterocycles. The first-order chi connectivity index (χ1) is 23.7. The SMILES string of the molecule is C=CCCC(=O)NC[C@H](OC(=O)[C@@H]1[C@H]2O[C@@]3(CC2Br)[C@H](C(=O)N(CC=C)Cc2ccccc2)N(CCCCCO)C(=O)[C@@H]13)c1ccccc1. The van der Waals surface area contributed by atoms with E-state index in [1.54, 1.807) is 22.0 Å². The van der Waals surface area contributed by atoms with E-state index in [4.69, 9.17) is 9.47 Å². The molecule has 11 heteroatoms. The Labute approximate surface area is 296 Å². The maximum absolute atomic E-state index is 14.7. The van der Waals surface area contributed by atoms with Crippen molar-refractivity contribution in [1.29, 1.82) is 0 Å². The lowest BCUT2D eigenvalue weighted by molar-refractivity contribution is -0.160. The Balaban J connectivity index is 1.45. The molecule has 3 saturated heterocycles. The number of carbonyl (C=O) groups excluding carboxylic acids is 4. The topological polar surface area (TPSA) is 125 Å². The number of unbranched alkanes of at least 4 members (excludes halogenated alkanes) is 2. The van der Waals surface area contributed by atoms with Crippen molar-refractivity contribution in [2.24, 2.45) is 11.8 Å². The molecule has 0 aliphatic carbocycles. The molecule has 49 heavy (non-hydrogen) atoms. The van der Waals surface area contributed by atoms with E-state index in [2.05, 4.69) is 34.4 Å². The molecule has 0 saturated carbocycles. The van der Waals surface area contributed by atoms with Gasteiger partial charge >= 0.3 is 5.97 Å². The number of benzene rings is 2. The minimum Gasteiger partial charge on any atom is -0.455 e. The average molecular weight is 737 g/mol. The number of aliphatic hydroxyl groups excluding tert-OH is 1. The fourth-order valence-corrected chi connectivity index (χ4v) is 8.44. The monoisotopic (exact) mass is 735 g/mol. The quantitative estimate of drug-likeness (QED) is 0.100. The maximum atomic E-state index is 14.7. The molecule has 3 aliphatic heterocycles. The van der Waals surface area contributed by atoms with Crippen LogP contribution in [0.4, 0.5) is 0 Å². The second-order valence-electron chi connectivity index (χ2n) is 12.9. The number of aliphatic hydroxyl groups is 1. The van der Waals surface area contributed by atoms with Gasteiger partial charge < -0.3 is 29.7 Å². The summed E-state index contributed by atoms with van der Waals surface area (Å²) in [6.07, 6.45) is 4.83. The number of hydrogen-bond donors (Lipinski definition) is 2. The van der Waals surface area contributed by atoms with E-state index in [1.807, 2.05) is 60.7 Å². The van der Waals surface area contributed by atoms with Crippen LogP contribution in [0.5, 0.6) is 0 Å². The van der Waals surface area contributed by atoms with Gasteiger partial charge in [0.1, 0.15) is 17.7 Å². The first kappa shape index (κ1) is 36.5. The Hall–Kier alpha value is -3.80. The number of alkyl halides is 1. The van der Waals surface area contributed by atoms with Crippen LogP contribution in [0, 0.1) is 11.8 Å². The van der Waals surface area contributed by atoms with Crippen LogP contribution in [-0.2, 0) is 35.2 Å². The van der Waals surface area contributed by atoms with Crippen LogP contribution in [0.2, 0.25) is 0 Å². The molecule has 10 nitrogen and oxygen atoms in total. The van der Waals surface area contributed by atoms with Crippen LogP contribution in [0.3, 0.4) is 0 Å². The summed E-state index contributed by atoms with van der Waals surface area (Å²) in [5.41, 5.74) is 0.391. The number of rotatable bonds is 18. The predicted octanol–water partition coefficient (Wildman–Crippen LogP) is 4.48. The van der Waals surface area contributed by atoms with Gasteiger partial charge in [-0.15, -0.1) is 13.2 Å². The average Bonchev–Trinajstić information content (AvgIpc) is 3.70. The van der Waals surface area contributed by atoms with Gasteiger partial charge in [0, 0.05) is 37.5 Å². The summed E-state index contributed by atoms with van der Waals surface area (Å²) in [4.78, 5) is 58.9. The summed E-state index contributed by atoms with van der Waals surface area (Å²) in [6, 6.07) is 17.8. The first-order valence-electron chi connectivity index (χ1n) is 17.1. The van der Waals surface area contributed by atoms with Crippen LogP contribution >= 0.6 is 15.9 Å². The molecule has 5 rings (SSSR count). The molecule has 3 heterocycles. The number of esters is 1. The van der Waals surface area contributed by atoms with Crippen molar-refractivity contribution in [3.05, 3.63) is 97.1 Å². The lowest BCUT2D eigenvalue weighted by Crippen LogP contribution is -2.56. The number of carbonyl (C=O) groups is 4. The largest absolute Gasteiger partial charge is 0.455 e. The van der Waals surface area contributed by atoms with Crippen molar-refractivity contribution >= 4 is 39.6 Å². The lowest BCUT2D eigenvalue weighted by atomic mass is 9.70. The third-order valence-electron chi connectivity index (χ3n) is 9.72. The highest BCUT2D eigenvalue weighted by Gasteiger charge is 2.77. The highest BCUT2D eigenvalue weighted by molar-refractivity contribution is 9.09. The van der Waals surface area contributed by atoms with Gasteiger partial charge in [0.25, 0.3) is 0 Å². The normalized spacial score (nSPS) is 25.8. The second-order valence-corrected chi connectivity index (χ2v) is 14.1. The highest BCUT2D eigenvalue weighted by atomic mass is 79.9. The number of halogens is 1. The summed E-state index contributed by atoms with van der Waals surface area (Å²) >= 11 is 3.74. The van der Waals surface area contributed by atoms with E-state index in [-0.39, 0.29) is 55.2 Å². The van der Waals surface area contributed by atoms with Crippen LogP contribution in [-0.4, -0.2) is 87.4 Å². The number of fused-ring (bicyclic) bond motifs is 1. The summed E-state index contributed by atoms with van der Waals surface area (Å²) in [5.74, 6) is -3.26. The summed E-state index contributed by atoms with van der Waals surface area (Å²) < 4.78 is 12.9. The van der Waals surface area contributed by atoms with E-state index < -0.39 is 41.7 Å². The van der Waals surface area contributed by atoms with Gasteiger partial charge in [-0.3, -0.25) is 19.2 Å². The molecule has 2 N–H and O–H groups in total. The van der Waals surface area contributed by atoms with E-state index in [0.717, 1.165) is 5.56 Å². The molecule has 262 valence electrons. The van der Waals surface area contributed by atoms with Crippen LogP contribution in [0.15, 0.2) is 86.0 Å². The Morgan fingerprint density at radius 3 is 2.47 bits per heavy atom. The number of likely N-dealkylation sites (tertiary alicyclic amines) is 1. The number of amides is 3. The molecule has 1 unspecified atom stereocenters. The predicted molar refractivity (Wildman–Crippen MR) is 188 cm³/mol. The first-order valence-corrected chi connectivity index (χ1v) is 18.0. The second kappa shape index (κ2) is 16.7. The third-order valence-corrected chi connectivity index (χ3v) is 10.6. The van der Waals surface area contributed by atoms with Crippen molar-refractivity contribution in [3.63, 3.8) is 0 Å². The zero-order valence-electron chi connectivity index (χ0n) is 27.8. The number of nitrogens with one attached hydrogen (secondary N) is 1. The molecule has 7 atom stereocenters. The molecule has 2 aromatic rings. The van der Waals surface area contributed by atoms with E-state index >= 15 is 0 Å². The summed E-state index contributed by atoms with van der Waals surface area (Å²) in [5, 5.41) is 12.2. The minimum absolute atomic E-state index is 0.0360. The van der Waals surface area contributed by atoms with E-state index in [9.17, 15) is 24.3 Å². The van der Waals surface area contributed by atoms with E-state index in [0.29, 0.717) is 44.2 Å². The molecule has 3 amide bonds. The molecule has 0 radical (unpaired) electrons. The number of ether oxygens (including phenoxy) is 2. The standard InChI is InChI=1S/C38H46BrN3O7/c1-3-5-19-30(44)40-24-29(27-17-11-7-12-18-27)48-37(47)31-32-35(45)42(21-13-8-14-22-43)34(38(32)23-28(39)33(31)49-38)36(46)41(20-4-2)25-26-15-9-6-10-16-26/h3-4,6-7,9-12,15-18,28-29,31-34,43H,1-2,5,8,13-14,19-25H2,(H,40,44)/t28?,29-,31-,32+,33-,34-,38+/m0/s1. The molecule has 3 fully saturated rings. The molecular formula is C38H46BrN3O7. The molecule has 1 spiro atoms. The Morgan fingerprint density at radius 1 is 1.08 bits per heavy atom. The number of allylic oxidation sites excluding steroid dienone is 1. The van der Waals surface area contributed by atoms with Gasteiger partial charge in [-0.25, -0.2) is 0 Å². The lowest BCUT2D eigenvalue weighted by Gasteiger charge is -2.37. The summed E-state index contributed by atoms with van der Waals surface area (Å²) in [7, 11) is 0. The van der Waals surface area contributed by atoms with Gasteiger partial charge in [-0.05, 0) is 43.2 Å². The van der Waals surface area contributed by atoms with Crippen LogP contribution < -0.4 is 5.32 Å². The molecule has 2 bridgehead atoms. The van der Waals surface area contributed by atoms with Gasteiger partial charge in [-0.1, -0.05) is 88.7 Å². The Morgan fingerprint density at radius 2 is 1.80 bits per heavy atom. The zero-order chi connectivity index (χ0) is 35.0. The van der Waals surface area contributed by atoms with Crippen molar-refractivity contribution in [2.75, 3.05) is 26.2 Å². The van der Waals surface area contributed by atoms with Gasteiger partial charge in [0.05, 0.1) is 24.5 Å². The van der Waals surface area contributed by atoms with Gasteiger partial charge in [0.2, 0.25) is 17.7 Å². The molecule has 3 aliphatic rings. The fraction of sp³-hybridized carbons (Fsp3) is 0.474.